The number of para-hydroxylation sites is 1. The second kappa shape index (κ2) is 7.92. The van der Waals surface area contributed by atoms with Crippen LogP contribution in [0.5, 0.6) is 0 Å². The number of nitrogens with zero attached hydrogens (tertiary/aromatic N) is 1. The van der Waals surface area contributed by atoms with Crippen molar-refractivity contribution < 1.29 is 9.21 Å². The molecule has 0 saturated heterocycles. The van der Waals surface area contributed by atoms with E-state index < -0.39 is 0 Å². The summed E-state index contributed by atoms with van der Waals surface area (Å²) < 4.78 is 5.74. The zero-order chi connectivity index (χ0) is 18.6. The molecule has 27 heavy (non-hydrogen) atoms. The number of carbonyl (C=O) groups excluding carboxylic acids is 1. The molecule has 1 aliphatic rings. The zero-order valence-corrected chi connectivity index (χ0v) is 15.3. The number of pyridine rings is 1. The molecule has 1 saturated carbocycles. The van der Waals surface area contributed by atoms with E-state index >= 15 is 0 Å². The van der Waals surface area contributed by atoms with Crippen molar-refractivity contribution in [2.75, 3.05) is 6.54 Å². The molecule has 5 heteroatoms. The Labute approximate surface area is 159 Å². The van der Waals surface area contributed by atoms with Crippen molar-refractivity contribution in [3.8, 4) is 0 Å². The largest absolute Gasteiger partial charge is 0.451 e. The number of nitrogens with one attached hydrogen (secondary N) is 1. The third-order valence-electron chi connectivity index (χ3n) is 5.64. The first-order valence-corrected chi connectivity index (χ1v) is 9.65. The lowest BCUT2D eigenvalue weighted by Crippen LogP contribution is -2.36. The van der Waals surface area contributed by atoms with Crippen molar-refractivity contribution in [1.29, 1.82) is 0 Å². The van der Waals surface area contributed by atoms with Gasteiger partial charge in [-0.25, -0.2) is 0 Å². The number of rotatable bonds is 5. The van der Waals surface area contributed by atoms with Gasteiger partial charge < -0.3 is 15.5 Å². The summed E-state index contributed by atoms with van der Waals surface area (Å²) in [5.74, 6) is 1.10. The molecule has 1 atom stereocenters. The number of amides is 1. The van der Waals surface area contributed by atoms with Crippen LogP contribution in [0.2, 0.25) is 0 Å². The summed E-state index contributed by atoms with van der Waals surface area (Å²) in [6.07, 6.45) is 6.07. The Hall–Kier alpha value is -2.66. The quantitative estimate of drug-likeness (QED) is 0.716. The molecule has 5 nitrogen and oxygen atoms in total. The summed E-state index contributed by atoms with van der Waals surface area (Å²) in [5.41, 5.74) is 7.46. The fraction of sp³-hybridized carbons (Fsp3) is 0.364. The van der Waals surface area contributed by atoms with Gasteiger partial charge in [-0.15, -0.1) is 0 Å². The first kappa shape index (κ1) is 17.7. The summed E-state index contributed by atoms with van der Waals surface area (Å²) in [5, 5.41) is 4.12. The molecule has 0 unspecified atom stereocenters. The summed E-state index contributed by atoms with van der Waals surface area (Å²) in [6.45, 7) is 0.742. The van der Waals surface area contributed by atoms with Gasteiger partial charge in [0.05, 0.1) is 11.7 Å². The van der Waals surface area contributed by atoms with E-state index in [1.807, 2.05) is 42.5 Å². The molecule has 1 fully saturated rings. The molecule has 0 aliphatic heterocycles. The molecule has 0 bridgehead atoms. The Morgan fingerprint density at radius 2 is 1.93 bits per heavy atom. The molecule has 2 aromatic heterocycles. The number of nitrogens with two attached hydrogens (primary N) is 1. The molecular weight excluding hydrogens is 338 g/mol. The Morgan fingerprint density at radius 1 is 1.15 bits per heavy atom. The third-order valence-corrected chi connectivity index (χ3v) is 5.64. The number of carbonyl (C=O) groups is 1. The number of aromatic nitrogens is 1. The molecule has 2 heterocycles. The van der Waals surface area contributed by atoms with Crippen LogP contribution >= 0.6 is 0 Å². The Kier molecular flexibility index (Phi) is 5.21. The van der Waals surface area contributed by atoms with Crippen LogP contribution in [-0.2, 0) is 0 Å². The highest BCUT2D eigenvalue weighted by Crippen LogP contribution is 2.36. The molecule has 0 spiro atoms. The second-order valence-electron chi connectivity index (χ2n) is 7.37. The SMILES string of the molecule is NCC1CCC([C@H](NC(=O)c2cc3ccccc3o2)c2ccccn2)CC1. The maximum absolute atomic E-state index is 12.9. The van der Waals surface area contributed by atoms with Gasteiger partial charge in [0.25, 0.3) is 5.91 Å². The van der Waals surface area contributed by atoms with Crippen LogP contribution in [-0.4, -0.2) is 17.4 Å². The third kappa shape index (κ3) is 3.88. The van der Waals surface area contributed by atoms with Crippen LogP contribution in [0.15, 0.2) is 59.1 Å². The van der Waals surface area contributed by atoms with E-state index in [0.29, 0.717) is 17.6 Å². The lowest BCUT2D eigenvalue weighted by molar-refractivity contribution is 0.0879. The van der Waals surface area contributed by atoms with Crippen molar-refractivity contribution in [2.24, 2.45) is 17.6 Å². The lowest BCUT2D eigenvalue weighted by atomic mass is 9.77. The molecular formula is C22H25N3O2. The fourth-order valence-electron chi connectivity index (χ4n) is 4.06. The van der Waals surface area contributed by atoms with Crippen molar-refractivity contribution >= 4 is 16.9 Å². The van der Waals surface area contributed by atoms with E-state index in [2.05, 4.69) is 10.3 Å². The molecule has 0 radical (unpaired) electrons. The van der Waals surface area contributed by atoms with Crippen LogP contribution in [0, 0.1) is 11.8 Å². The predicted molar refractivity (Wildman–Crippen MR) is 105 cm³/mol. The Balaban J connectivity index is 1.56. The van der Waals surface area contributed by atoms with Gasteiger partial charge in [0.1, 0.15) is 5.58 Å². The summed E-state index contributed by atoms with van der Waals surface area (Å²) >= 11 is 0. The van der Waals surface area contributed by atoms with E-state index in [4.69, 9.17) is 10.2 Å². The van der Waals surface area contributed by atoms with Crippen molar-refractivity contribution in [3.63, 3.8) is 0 Å². The summed E-state index contributed by atoms with van der Waals surface area (Å²) in [7, 11) is 0. The Bertz CT molecular complexity index is 865. The van der Waals surface area contributed by atoms with Crippen LogP contribution in [0.3, 0.4) is 0 Å². The first-order valence-electron chi connectivity index (χ1n) is 9.65. The number of hydrogen-bond donors (Lipinski definition) is 2. The molecule has 3 aromatic rings. The van der Waals surface area contributed by atoms with E-state index in [0.717, 1.165) is 48.9 Å². The Morgan fingerprint density at radius 3 is 2.63 bits per heavy atom. The van der Waals surface area contributed by atoms with Gasteiger partial charge in [-0.2, -0.15) is 0 Å². The monoisotopic (exact) mass is 363 g/mol. The van der Waals surface area contributed by atoms with Crippen LogP contribution in [0.1, 0.15) is 48.0 Å². The highest BCUT2D eigenvalue weighted by atomic mass is 16.3. The smallest absolute Gasteiger partial charge is 0.287 e. The number of furan rings is 1. The predicted octanol–water partition coefficient (Wildman–Crippen LogP) is 4.06. The van der Waals surface area contributed by atoms with Crippen molar-refractivity contribution in [2.45, 2.75) is 31.7 Å². The zero-order valence-electron chi connectivity index (χ0n) is 15.3. The average Bonchev–Trinajstić information content (AvgIpc) is 3.17. The van der Waals surface area contributed by atoms with Gasteiger partial charge in [0.2, 0.25) is 0 Å². The van der Waals surface area contributed by atoms with Gasteiger partial charge in [0, 0.05) is 11.6 Å². The minimum Gasteiger partial charge on any atom is -0.451 e. The van der Waals surface area contributed by atoms with Crippen molar-refractivity contribution in [3.05, 3.63) is 66.2 Å². The van der Waals surface area contributed by atoms with Crippen LogP contribution in [0.25, 0.3) is 11.0 Å². The molecule has 1 amide bonds. The molecule has 140 valence electrons. The normalized spacial score (nSPS) is 21.1. The van der Waals surface area contributed by atoms with Crippen LogP contribution in [0.4, 0.5) is 0 Å². The minimum absolute atomic E-state index is 0.120. The highest BCUT2D eigenvalue weighted by Gasteiger charge is 2.31. The maximum atomic E-state index is 12.9. The van der Waals surface area contributed by atoms with E-state index in [9.17, 15) is 4.79 Å². The maximum Gasteiger partial charge on any atom is 0.287 e. The number of fused-ring (bicyclic) bond motifs is 1. The lowest BCUT2D eigenvalue weighted by Gasteiger charge is -2.33. The van der Waals surface area contributed by atoms with Gasteiger partial charge in [-0.1, -0.05) is 24.3 Å². The minimum atomic E-state index is -0.192. The van der Waals surface area contributed by atoms with Crippen LogP contribution < -0.4 is 11.1 Å². The van der Waals surface area contributed by atoms with E-state index in [1.165, 1.54) is 0 Å². The first-order chi connectivity index (χ1) is 13.2. The van der Waals surface area contributed by atoms with Gasteiger partial charge in [-0.05, 0) is 68.3 Å². The van der Waals surface area contributed by atoms with Gasteiger partial charge >= 0.3 is 0 Å². The van der Waals surface area contributed by atoms with Crippen molar-refractivity contribution in [1.82, 2.24) is 10.3 Å². The van der Waals surface area contributed by atoms with Gasteiger partial charge in [0.15, 0.2) is 5.76 Å². The molecule has 4 rings (SSSR count). The molecule has 1 aromatic carbocycles. The second-order valence-corrected chi connectivity index (χ2v) is 7.37. The standard InChI is InChI=1S/C22H25N3O2/c23-14-15-8-10-16(11-9-15)21(18-6-3-4-12-24-18)25-22(26)20-13-17-5-1-2-7-19(17)27-20/h1-7,12-13,15-16,21H,8-11,14,23H2,(H,25,26)/t15?,16?,21-/m0/s1. The highest BCUT2D eigenvalue weighted by molar-refractivity contribution is 5.96. The number of hydrogen-bond acceptors (Lipinski definition) is 4. The fourth-order valence-corrected chi connectivity index (χ4v) is 4.06. The molecule has 1 aliphatic carbocycles. The number of benzene rings is 1. The summed E-state index contributed by atoms with van der Waals surface area (Å²) in [4.78, 5) is 17.4. The van der Waals surface area contributed by atoms with Gasteiger partial charge in [-0.3, -0.25) is 9.78 Å². The topological polar surface area (TPSA) is 81.1 Å². The average molecular weight is 363 g/mol. The summed E-state index contributed by atoms with van der Waals surface area (Å²) in [6, 6.07) is 15.2. The molecule has 3 N–H and O–H groups in total. The van der Waals surface area contributed by atoms with E-state index in [1.54, 1.807) is 12.3 Å². The van der Waals surface area contributed by atoms with E-state index in [-0.39, 0.29) is 11.9 Å².